The normalized spacial score (nSPS) is 20.7. The van der Waals surface area contributed by atoms with E-state index < -0.39 is 0 Å². The lowest BCUT2D eigenvalue weighted by Crippen LogP contribution is -2.15. The van der Waals surface area contributed by atoms with Gasteiger partial charge in [0.15, 0.2) is 12.9 Å². The van der Waals surface area contributed by atoms with Gasteiger partial charge in [0.1, 0.15) is 11.5 Å². The molecule has 2 aliphatic heterocycles. The van der Waals surface area contributed by atoms with Crippen molar-refractivity contribution in [3.8, 4) is 0 Å². The number of azo groups is 1. The molecule has 0 fully saturated rings. The molecule has 0 saturated heterocycles. The number of aromatic nitrogens is 2. The van der Waals surface area contributed by atoms with Crippen LogP contribution in [-0.2, 0) is 0 Å². The monoisotopic (exact) mass is 332 g/mol. The number of rotatable bonds is 2. The van der Waals surface area contributed by atoms with Gasteiger partial charge in [0.2, 0.25) is 0 Å². The molecule has 2 N–H and O–H groups in total. The minimum Gasteiger partial charge on any atom is -0.600 e. The van der Waals surface area contributed by atoms with E-state index in [0.717, 1.165) is 22.8 Å². The summed E-state index contributed by atoms with van der Waals surface area (Å²) < 4.78 is 2.05. The zero-order chi connectivity index (χ0) is 16.6. The molecule has 3 rings (SSSR count). The van der Waals surface area contributed by atoms with E-state index in [1.165, 1.54) is 7.05 Å². The SMILES string of the molecule is CC(C)n1cnc2c1N/C(=C1C=C(/N=[N+](\C)[O-])NC=C\1Cl)C=C2. The topological polar surface area (TPSA) is 80.3 Å². The maximum Gasteiger partial charge on any atom is 0.199 e. The molecular weight excluding hydrogens is 316 g/mol. The van der Waals surface area contributed by atoms with Gasteiger partial charge in [0.05, 0.1) is 11.4 Å². The summed E-state index contributed by atoms with van der Waals surface area (Å²) in [7, 11) is 1.32. The molecule has 8 heteroatoms. The summed E-state index contributed by atoms with van der Waals surface area (Å²) in [6.45, 7) is 4.18. The second-order valence-corrected chi connectivity index (χ2v) is 5.90. The number of hydroxylamine groups is 1. The third kappa shape index (κ3) is 3.00. The zero-order valence-corrected chi connectivity index (χ0v) is 13.8. The Bertz CT molecular complexity index is 793. The van der Waals surface area contributed by atoms with Crippen LogP contribution in [0.5, 0.6) is 0 Å². The van der Waals surface area contributed by atoms with Crippen molar-refractivity contribution < 1.29 is 4.86 Å². The molecule has 1 aromatic rings. The Morgan fingerprint density at radius 1 is 1.39 bits per heavy atom. The van der Waals surface area contributed by atoms with Gasteiger partial charge in [-0.05, 0) is 32.1 Å². The number of allylic oxidation sites excluding steroid dienone is 4. The van der Waals surface area contributed by atoms with Gasteiger partial charge in [-0.1, -0.05) is 16.5 Å². The second-order valence-electron chi connectivity index (χ2n) is 5.50. The van der Waals surface area contributed by atoms with Crippen molar-refractivity contribution in [2.75, 3.05) is 12.4 Å². The van der Waals surface area contributed by atoms with Crippen LogP contribution in [-0.4, -0.2) is 21.5 Å². The van der Waals surface area contributed by atoms with Crippen molar-refractivity contribution in [3.63, 3.8) is 0 Å². The predicted octanol–water partition coefficient (Wildman–Crippen LogP) is 3.27. The van der Waals surface area contributed by atoms with E-state index in [1.807, 2.05) is 18.5 Å². The molecular formula is C15H17ClN6O. The lowest BCUT2D eigenvalue weighted by molar-refractivity contribution is -0.496. The number of hydrogen-bond donors (Lipinski definition) is 2. The fraction of sp³-hybridized carbons (Fsp3) is 0.267. The number of nitrogens with zero attached hydrogens (tertiary/aromatic N) is 4. The lowest BCUT2D eigenvalue weighted by Gasteiger charge is -2.20. The minimum atomic E-state index is 0.283. The van der Waals surface area contributed by atoms with E-state index in [0.29, 0.717) is 15.7 Å². The van der Waals surface area contributed by atoms with Gasteiger partial charge in [0, 0.05) is 28.6 Å². The lowest BCUT2D eigenvalue weighted by atomic mass is 10.1. The van der Waals surface area contributed by atoms with Crippen molar-refractivity contribution in [1.29, 1.82) is 0 Å². The summed E-state index contributed by atoms with van der Waals surface area (Å²) in [6, 6.07) is 0.283. The molecule has 3 heterocycles. The average molecular weight is 333 g/mol. The number of halogens is 1. The predicted molar refractivity (Wildman–Crippen MR) is 89.4 cm³/mol. The first-order valence-corrected chi connectivity index (χ1v) is 7.56. The summed E-state index contributed by atoms with van der Waals surface area (Å²) in [6.07, 6.45) is 8.99. The molecule has 0 bridgehead atoms. The Morgan fingerprint density at radius 3 is 2.87 bits per heavy atom. The fourth-order valence-electron chi connectivity index (χ4n) is 2.38. The van der Waals surface area contributed by atoms with Crippen LogP contribution >= 0.6 is 11.6 Å². The minimum absolute atomic E-state index is 0.283. The molecule has 0 spiro atoms. The van der Waals surface area contributed by atoms with Gasteiger partial charge >= 0.3 is 0 Å². The van der Waals surface area contributed by atoms with Gasteiger partial charge < -0.3 is 20.4 Å². The number of nitrogens with one attached hydrogen (secondary N) is 2. The van der Waals surface area contributed by atoms with Crippen LogP contribution in [0.2, 0.25) is 0 Å². The Labute approximate surface area is 138 Å². The van der Waals surface area contributed by atoms with Crippen LogP contribution < -0.4 is 10.6 Å². The van der Waals surface area contributed by atoms with Gasteiger partial charge in [-0.15, -0.1) is 0 Å². The van der Waals surface area contributed by atoms with Crippen molar-refractivity contribution in [1.82, 2.24) is 14.9 Å². The van der Waals surface area contributed by atoms with Gasteiger partial charge in [-0.25, -0.2) is 4.98 Å². The van der Waals surface area contributed by atoms with Crippen LogP contribution in [0.3, 0.4) is 0 Å². The van der Waals surface area contributed by atoms with E-state index in [1.54, 1.807) is 12.3 Å². The third-order valence-corrected chi connectivity index (χ3v) is 3.78. The first-order chi connectivity index (χ1) is 11.0. The maximum absolute atomic E-state index is 11.1. The van der Waals surface area contributed by atoms with E-state index in [-0.39, 0.29) is 6.04 Å². The summed E-state index contributed by atoms with van der Waals surface area (Å²) in [5.74, 6) is 1.34. The van der Waals surface area contributed by atoms with Crippen LogP contribution in [0.4, 0.5) is 5.82 Å². The summed E-state index contributed by atoms with van der Waals surface area (Å²) in [5.41, 5.74) is 2.46. The maximum atomic E-state index is 11.1. The first-order valence-electron chi connectivity index (χ1n) is 7.18. The zero-order valence-electron chi connectivity index (χ0n) is 13.0. The molecule has 0 saturated carbocycles. The van der Waals surface area contributed by atoms with Crippen LogP contribution in [0.1, 0.15) is 25.6 Å². The van der Waals surface area contributed by atoms with Crippen molar-refractivity contribution in [2.24, 2.45) is 5.11 Å². The van der Waals surface area contributed by atoms with Gasteiger partial charge in [-0.2, -0.15) is 0 Å². The number of dihydropyridines is 1. The van der Waals surface area contributed by atoms with E-state index in [2.05, 4.69) is 39.1 Å². The molecule has 0 aromatic carbocycles. The molecule has 0 amide bonds. The molecule has 0 radical (unpaired) electrons. The highest BCUT2D eigenvalue weighted by Crippen LogP contribution is 2.31. The molecule has 0 atom stereocenters. The van der Waals surface area contributed by atoms with Gasteiger partial charge in [0.25, 0.3) is 0 Å². The number of fused-ring (bicyclic) bond motifs is 1. The van der Waals surface area contributed by atoms with E-state index in [4.69, 9.17) is 11.6 Å². The van der Waals surface area contributed by atoms with Crippen LogP contribution in [0, 0.1) is 5.21 Å². The quantitative estimate of drug-likeness (QED) is 0.495. The van der Waals surface area contributed by atoms with E-state index >= 15 is 0 Å². The standard InChI is InChI=1S/C15H17ClN6O/c1-9(2)22-8-18-13-5-4-12(19-15(13)22)10-6-14(20-21(3)23)17-7-11(10)16/h4-9,17,19H,1-3H3/b12-10+,21-20+. The number of hydrogen-bond acceptors (Lipinski definition) is 5. The summed E-state index contributed by atoms with van der Waals surface area (Å²) in [5, 5.41) is 21.7. The second kappa shape index (κ2) is 5.92. The molecule has 23 heavy (non-hydrogen) atoms. The highest BCUT2D eigenvalue weighted by atomic mass is 35.5. The Kier molecular flexibility index (Phi) is 3.96. The third-order valence-electron chi connectivity index (χ3n) is 3.46. The smallest absolute Gasteiger partial charge is 0.199 e. The molecule has 0 unspecified atom stereocenters. The highest BCUT2D eigenvalue weighted by Gasteiger charge is 2.20. The van der Waals surface area contributed by atoms with Crippen molar-refractivity contribution in [3.05, 3.63) is 57.7 Å². The molecule has 1 aromatic heterocycles. The number of imidazole rings is 1. The Hall–Kier alpha value is -2.54. The molecule has 2 aliphatic rings. The summed E-state index contributed by atoms with van der Waals surface area (Å²) >= 11 is 6.29. The van der Waals surface area contributed by atoms with Crippen molar-refractivity contribution in [2.45, 2.75) is 19.9 Å². The Balaban J connectivity index is 2.03. The molecule has 7 nitrogen and oxygen atoms in total. The largest absolute Gasteiger partial charge is 0.600 e. The first kappa shape index (κ1) is 15.4. The molecule has 120 valence electrons. The van der Waals surface area contributed by atoms with Crippen molar-refractivity contribution >= 4 is 23.5 Å². The van der Waals surface area contributed by atoms with E-state index in [9.17, 15) is 5.21 Å². The van der Waals surface area contributed by atoms with Crippen LogP contribution in [0.15, 0.2) is 51.9 Å². The van der Waals surface area contributed by atoms with Crippen LogP contribution in [0.25, 0.3) is 6.08 Å². The summed E-state index contributed by atoms with van der Waals surface area (Å²) in [4.78, 5) is 4.87. The van der Waals surface area contributed by atoms with Gasteiger partial charge in [-0.3, -0.25) is 0 Å². The fourth-order valence-corrected chi connectivity index (χ4v) is 2.60. The molecule has 0 aliphatic carbocycles. The highest BCUT2D eigenvalue weighted by molar-refractivity contribution is 6.32. The number of anilines is 1. The Morgan fingerprint density at radius 2 is 2.17 bits per heavy atom. The average Bonchev–Trinajstić information content (AvgIpc) is 2.92.